The van der Waals surface area contributed by atoms with Crippen LogP contribution in [0.5, 0.6) is 0 Å². The van der Waals surface area contributed by atoms with E-state index in [0.29, 0.717) is 38.1 Å². The van der Waals surface area contributed by atoms with Gasteiger partial charge in [-0.25, -0.2) is 4.39 Å². The third-order valence-corrected chi connectivity index (χ3v) is 4.46. The molecule has 142 valence electrons. The molecule has 1 heterocycles. The number of rotatable bonds is 3. The van der Waals surface area contributed by atoms with E-state index in [2.05, 4.69) is 10.4 Å². The second kappa shape index (κ2) is 9.02. The van der Waals surface area contributed by atoms with Crippen LogP contribution in [0.4, 0.5) is 10.1 Å². The molecular formula is C20H20Cl2FN3O. The third-order valence-electron chi connectivity index (χ3n) is 3.72. The molecule has 0 saturated heterocycles. The van der Waals surface area contributed by atoms with E-state index in [1.807, 2.05) is 13.8 Å². The summed E-state index contributed by atoms with van der Waals surface area (Å²) >= 11 is 12.0. The van der Waals surface area contributed by atoms with Crippen LogP contribution in [0, 0.1) is 12.7 Å². The van der Waals surface area contributed by atoms with E-state index in [1.165, 1.54) is 18.2 Å². The summed E-state index contributed by atoms with van der Waals surface area (Å²) in [6.07, 6.45) is 1.63. The second-order valence-corrected chi connectivity index (χ2v) is 6.39. The van der Waals surface area contributed by atoms with Crippen molar-refractivity contribution in [3.05, 3.63) is 69.7 Å². The lowest BCUT2D eigenvalue weighted by Gasteiger charge is -2.12. The molecule has 27 heavy (non-hydrogen) atoms. The minimum Gasteiger partial charge on any atom is -0.321 e. The number of hydrogen-bond donors (Lipinski definition) is 1. The summed E-state index contributed by atoms with van der Waals surface area (Å²) in [7, 11) is 1.74. The van der Waals surface area contributed by atoms with Gasteiger partial charge in [-0.2, -0.15) is 5.10 Å². The molecule has 0 aliphatic carbocycles. The van der Waals surface area contributed by atoms with Crippen LogP contribution in [0.1, 0.15) is 29.9 Å². The van der Waals surface area contributed by atoms with Crippen LogP contribution in [0.25, 0.3) is 11.1 Å². The van der Waals surface area contributed by atoms with Crippen LogP contribution in [-0.4, -0.2) is 15.7 Å². The maximum absolute atomic E-state index is 13.8. The molecule has 0 saturated carbocycles. The second-order valence-electron chi connectivity index (χ2n) is 5.57. The number of hydrogen-bond acceptors (Lipinski definition) is 2. The summed E-state index contributed by atoms with van der Waals surface area (Å²) < 4.78 is 15.3. The Morgan fingerprint density at radius 3 is 2.41 bits per heavy atom. The Hall–Kier alpha value is -2.37. The van der Waals surface area contributed by atoms with Gasteiger partial charge in [0.25, 0.3) is 5.91 Å². The number of carbonyl (C=O) groups excluding carboxylic acids is 1. The van der Waals surface area contributed by atoms with Gasteiger partial charge in [-0.3, -0.25) is 9.48 Å². The van der Waals surface area contributed by atoms with Gasteiger partial charge >= 0.3 is 0 Å². The Morgan fingerprint density at radius 1 is 1.11 bits per heavy atom. The summed E-state index contributed by atoms with van der Waals surface area (Å²) in [6.45, 7) is 5.75. The van der Waals surface area contributed by atoms with Gasteiger partial charge in [0.15, 0.2) is 0 Å². The van der Waals surface area contributed by atoms with E-state index in [4.69, 9.17) is 23.2 Å². The number of aromatic nitrogens is 2. The first-order valence-corrected chi connectivity index (χ1v) is 9.17. The number of nitrogens with one attached hydrogen (secondary N) is 1. The van der Waals surface area contributed by atoms with Gasteiger partial charge in [0.2, 0.25) is 0 Å². The number of amides is 1. The minimum atomic E-state index is -0.420. The molecule has 0 atom stereocenters. The normalized spacial score (nSPS) is 10.2. The number of benzene rings is 2. The van der Waals surface area contributed by atoms with E-state index >= 15 is 0 Å². The monoisotopic (exact) mass is 407 g/mol. The van der Waals surface area contributed by atoms with Gasteiger partial charge in [0.1, 0.15) is 5.82 Å². The highest BCUT2D eigenvalue weighted by molar-refractivity contribution is 6.42. The molecule has 1 aromatic heterocycles. The van der Waals surface area contributed by atoms with Gasteiger partial charge in [-0.05, 0) is 42.8 Å². The molecule has 3 aromatic rings. The molecule has 0 fully saturated rings. The summed E-state index contributed by atoms with van der Waals surface area (Å²) in [5.41, 5.74) is 2.68. The highest BCUT2D eigenvalue weighted by atomic mass is 35.5. The van der Waals surface area contributed by atoms with Crippen LogP contribution in [0.3, 0.4) is 0 Å². The molecule has 0 spiro atoms. The molecule has 3 rings (SSSR count). The molecule has 0 aliphatic rings. The van der Waals surface area contributed by atoms with E-state index in [9.17, 15) is 9.18 Å². The summed E-state index contributed by atoms with van der Waals surface area (Å²) in [5.74, 6) is -0.741. The molecular weight excluding hydrogens is 388 g/mol. The molecule has 1 N–H and O–H groups in total. The lowest BCUT2D eigenvalue weighted by molar-refractivity contribution is 0.102. The van der Waals surface area contributed by atoms with Crippen molar-refractivity contribution < 1.29 is 9.18 Å². The van der Waals surface area contributed by atoms with Gasteiger partial charge in [-0.15, -0.1) is 0 Å². The van der Waals surface area contributed by atoms with Gasteiger partial charge in [0, 0.05) is 24.5 Å². The maximum atomic E-state index is 13.8. The molecule has 0 bridgehead atoms. The first kappa shape index (κ1) is 20.9. The Kier molecular flexibility index (Phi) is 6.99. The predicted octanol–water partition coefficient (Wildman–Crippen LogP) is 6.12. The number of anilines is 1. The molecule has 4 nitrogen and oxygen atoms in total. The van der Waals surface area contributed by atoms with Crippen molar-refractivity contribution in [2.24, 2.45) is 7.05 Å². The molecule has 0 radical (unpaired) electrons. The first-order chi connectivity index (χ1) is 12.8. The standard InChI is InChI=1S/C18H14Cl2FN3O.C2H6/c1-10-14(9-24(2)23-10)18(25)22-17-6-4-12(21)8-13(17)11-3-5-15(19)16(20)7-11;1-2/h3-9H,1-2H3,(H,22,25);1-2H3. The van der Waals surface area contributed by atoms with E-state index in [0.717, 1.165) is 0 Å². The zero-order chi connectivity index (χ0) is 20.1. The van der Waals surface area contributed by atoms with Crippen LogP contribution < -0.4 is 5.32 Å². The fourth-order valence-corrected chi connectivity index (χ4v) is 2.84. The minimum absolute atomic E-state index is 0.321. The maximum Gasteiger partial charge on any atom is 0.259 e. The predicted molar refractivity (Wildman–Crippen MR) is 109 cm³/mol. The average Bonchev–Trinajstić information content (AvgIpc) is 2.99. The first-order valence-electron chi connectivity index (χ1n) is 8.41. The Balaban J connectivity index is 0.00000126. The topological polar surface area (TPSA) is 46.9 Å². The molecule has 0 aliphatic heterocycles. The highest BCUT2D eigenvalue weighted by Gasteiger charge is 2.16. The molecule has 1 amide bonds. The Morgan fingerprint density at radius 2 is 1.81 bits per heavy atom. The Bertz CT molecular complexity index is 970. The van der Waals surface area contributed by atoms with Crippen molar-refractivity contribution in [1.82, 2.24) is 9.78 Å². The SMILES string of the molecule is CC.Cc1nn(C)cc1C(=O)Nc1ccc(F)cc1-c1ccc(Cl)c(Cl)c1. The largest absolute Gasteiger partial charge is 0.321 e. The number of halogens is 3. The van der Waals surface area contributed by atoms with Crippen molar-refractivity contribution in [2.45, 2.75) is 20.8 Å². The van der Waals surface area contributed by atoms with E-state index < -0.39 is 5.82 Å². The van der Waals surface area contributed by atoms with Crippen LogP contribution in [0.2, 0.25) is 10.0 Å². The van der Waals surface area contributed by atoms with Crippen LogP contribution in [0.15, 0.2) is 42.6 Å². The zero-order valence-electron chi connectivity index (χ0n) is 15.5. The smallest absolute Gasteiger partial charge is 0.259 e. The summed E-state index contributed by atoms with van der Waals surface area (Å²) in [6, 6.07) is 9.10. The van der Waals surface area contributed by atoms with Crippen molar-refractivity contribution in [3.8, 4) is 11.1 Å². The molecule has 7 heteroatoms. The fraction of sp³-hybridized carbons (Fsp3) is 0.200. The van der Waals surface area contributed by atoms with Gasteiger partial charge in [0.05, 0.1) is 21.3 Å². The molecule has 2 aromatic carbocycles. The van der Waals surface area contributed by atoms with E-state index in [-0.39, 0.29) is 5.91 Å². The summed E-state index contributed by atoms with van der Waals surface area (Å²) in [4.78, 5) is 12.5. The van der Waals surface area contributed by atoms with Crippen LogP contribution >= 0.6 is 23.2 Å². The highest BCUT2D eigenvalue weighted by Crippen LogP contribution is 2.33. The average molecular weight is 408 g/mol. The molecule has 0 unspecified atom stereocenters. The number of nitrogens with zero attached hydrogens (tertiary/aromatic N) is 2. The Labute approximate surface area is 167 Å². The van der Waals surface area contributed by atoms with Crippen molar-refractivity contribution in [1.29, 1.82) is 0 Å². The van der Waals surface area contributed by atoms with Gasteiger partial charge < -0.3 is 5.32 Å². The van der Waals surface area contributed by atoms with Crippen molar-refractivity contribution in [3.63, 3.8) is 0 Å². The van der Waals surface area contributed by atoms with Crippen molar-refractivity contribution in [2.75, 3.05) is 5.32 Å². The lowest BCUT2D eigenvalue weighted by atomic mass is 10.0. The summed E-state index contributed by atoms with van der Waals surface area (Å²) in [5, 5.41) is 7.71. The quantitative estimate of drug-likeness (QED) is 0.568. The zero-order valence-corrected chi connectivity index (χ0v) is 17.0. The number of carbonyl (C=O) groups is 1. The fourth-order valence-electron chi connectivity index (χ4n) is 2.54. The van der Waals surface area contributed by atoms with Crippen molar-refractivity contribution >= 4 is 34.8 Å². The van der Waals surface area contributed by atoms with Gasteiger partial charge in [-0.1, -0.05) is 43.1 Å². The van der Waals surface area contributed by atoms with E-state index in [1.54, 1.807) is 43.0 Å². The lowest BCUT2D eigenvalue weighted by Crippen LogP contribution is -2.13. The third kappa shape index (κ3) is 4.87. The number of aryl methyl sites for hydroxylation is 2. The van der Waals surface area contributed by atoms with Crippen LogP contribution in [-0.2, 0) is 7.05 Å².